The molecule has 4 nitrogen and oxygen atoms in total. The summed E-state index contributed by atoms with van der Waals surface area (Å²) in [4.78, 5) is 12.4. The molecule has 8 heteroatoms. The van der Waals surface area contributed by atoms with Crippen LogP contribution in [0.15, 0.2) is 0 Å². The zero-order chi connectivity index (χ0) is 17.2. The lowest BCUT2D eigenvalue weighted by atomic mass is 9.83. The van der Waals surface area contributed by atoms with Crippen molar-refractivity contribution < 1.29 is 26.4 Å². The van der Waals surface area contributed by atoms with Gasteiger partial charge in [0.15, 0.2) is 11.5 Å². The average molecular weight is 331 g/mol. The molecule has 0 saturated carbocycles. The Kier molecular flexibility index (Phi) is 6.44. The topological polar surface area (TPSA) is 54.5 Å². The molecule has 0 amide bonds. The van der Waals surface area contributed by atoms with Gasteiger partial charge in [-0.2, -0.15) is 17.5 Å². The lowest BCUT2D eigenvalue weighted by molar-refractivity contribution is -0.130. The standard InChI is InChI=1S/C13H24F3NO3S/c1-9(2)7-10(11(18)12(3,4)5)17(6)21(19,20)8-13(14,15)16/h9-10H,7-8H2,1-6H3/t10-/m1/s1. The molecule has 0 aliphatic carbocycles. The Labute approximate surface area is 124 Å². The number of Topliss-reactive ketones (excluding diaryl/α,β-unsaturated/α-hetero) is 1. The number of halogens is 3. The maximum Gasteiger partial charge on any atom is 0.404 e. The van der Waals surface area contributed by atoms with E-state index in [1.165, 1.54) is 0 Å². The molecule has 0 N–H and O–H groups in total. The number of rotatable bonds is 6. The molecule has 0 rings (SSSR count). The number of alkyl halides is 3. The SMILES string of the molecule is CC(C)C[C@H](C(=O)C(C)(C)C)N(C)S(=O)(=O)CC(F)(F)F. The van der Waals surface area contributed by atoms with E-state index < -0.39 is 33.4 Å². The monoisotopic (exact) mass is 331 g/mol. The summed E-state index contributed by atoms with van der Waals surface area (Å²) in [5, 5.41) is 0. The normalized spacial score (nSPS) is 15.6. The first-order chi connectivity index (χ1) is 9.08. The molecule has 1 atom stereocenters. The van der Waals surface area contributed by atoms with Crippen molar-refractivity contribution >= 4 is 15.8 Å². The molecular weight excluding hydrogens is 307 g/mol. The van der Waals surface area contributed by atoms with E-state index in [0.29, 0.717) is 4.31 Å². The van der Waals surface area contributed by atoms with Crippen molar-refractivity contribution in [2.24, 2.45) is 11.3 Å². The van der Waals surface area contributed by atoms with Crippen molar-refractivity contribution in [3.8, 4) is 0 Å². The summed E-state index contributed by atoms with van der Waals surface area (Å²) in [5.41, 5.74) is -0.832. The van der Waals surface area contributed by atoms with E-state index in [1.807, 2.05) is 0 Å². The molecule has 0 aliphatic heterocycles. The van der Waals surface area contributed by atoms with E-state index in [0.717, 1.165) is 7.05 Å². The second-order valence-corrected chi connectivity index (χ2v) is 8.68. The van der Waals surface area contributed by atoms with Crippen LogP contribution in [0.4, 0.5) is 13.2 Å². The Hall–Kier alpha value is -0.630. The van der Waals surface area contributed by atoms with Gasteiger partial charge in [0.25, 0.3) is 0 Å². The van der Waals surface area contributed by atoms with Crippen LogP contribution in [0.5, 0.6) is 0 Å². The Balaban J connectivity index is 5.49. The zero-order valence-corrected chi connectivity index (χ0v) is 14.1. The summed E-state index contributed by atoms with van der Waals surface area (Å²) >= 11 is 0. The molecule has 126 valence electrons. The van der Waals surface area contributed by atoms with Crippen LogP contribution >= 0.6 is 0 Å². The van der Waals surface area contributed by atoms with E-state index in [9.17, 15) is 26.4 Å². The average Bonchev–Trinajstić information content (AvgIpc) is 2.18. The van der Waals surface area contributed by atoms with E-state index in [4.69, 9.17) is 0 Å². The lowest BCUT2D eigenvalue weighted by Gasteiger charge is -2.32. The van der Waals surface area contributed by atoms with Crippen LogP contribution in [0, 0.1) is 11.3 Å². The third-order valence-corrected chi connectivity index (χ3v) is 4.78. The summed E-state index contributed by atoms with van der Waals surface area (Å²) in [5.74, 6) is -2.36. The predicted molar refractivity (Wildman–Crippen MR) is 75.3 cm³/mol. The summed E-state index contributed by atoms with van der Waals surface area (Å²) in [6.07, 6.45) is -4.65. The number of likely N-dealkylation sites (N-methyl/N-ethyl adjacent to an activating group) is 1. The number of hydrogen-bond acceptors (Lipinski definition) is 3. The van der Waals surface area contributed by atoms with Gasteiger partial charge in [0.1, 0.15) is 0 Å². The van der Waals surface area contributed by atoms with Crippen LogP contribution in [0.3, 0.4) is 0 Å². The first-order valence-corrected chi connectivity index (χ1v) is 8.25. The first kappa shape index (κ1) is 20.4. The third-order valence-electron chi connectivity index (χ3n) is 2.96. The van der Waals surface area contributed by atoms with Gasteiger partial charge in [0.05, 0.1) is 6.04 Å². The van der Waals surface area contributed by atoms with Crippen LogP contribution in [-0.4, -0.2) is 43.5 Å². The van der Waals surface area contributed by atoms with Crippen molar-refractivity contribution in [1.82, 2.24) is 4.31 Å². The minimum Gasteiger partial charge on any atom is -0.297 e. The molecule has 0 aliphatic rings. The van der Waals surface area contributed by atoms with Gasteiger partial charge in [0, 0.05) is 12.5 Å². The second-order valence-electron chi connectivity index (χ2n) is 6.65. The molecule has 0 aromatic rings. The number of carbonyl (C=O) groups is 1. The smallest absolute Gasteiger partial charge is 0.297 e. The summed E-state index contributed by atoms with van der Waals surface area (Å²) in [7, 11) is -3.54. The molecule has 0 radical (unpaired) electrons. The highest BCUT2D eigenvalue weighted by Crippen LogP contribution is 2.27. The van der Waals surface area contributed by atoms with Gasteiger partial charge >= 0.3 is 6.18 Å². The number of hydrogen-bond donors (Lipinski definition) is 0. The minimum atomic E-state index is -4.83. The molecule has 0 unspecified atom stereocenters. The largest absolute Gasteiger partial charge is 0.404 e. The maximum atomic E-state index is 12.4. The highest BCUT2D eigenvalue weighted by atomic mass is 32.2. The molecule has 0 aromatic heterocycles. The second kappa shape index (κ2) is 6.64. The molecule has 0 heterocycles. The third kappa shape index (κ3) is 6.78. The van der Waals surface area contributed by atoms with Crippen molar-refractivity contribution in [1.29, 1.82) is 0 Å². The Morgan fingerprint density at radius 1 is 1.14 bits per heavy atom. The Morgan fingerprint density at radius 3 is 1.86 bits per heavy atom. The Bertz CT molecular complexity index is 464. The number of carbonyl (C=O) groups excluding carboxylic acids is 1. The summed E-state index contributed by atoms with van der Waals surface area (Å²) < 4.78 is 61.4. The molecule has 0 aromatic carbocycles. The van der Waals surface area contributed by atoms with Gasteiger partial charge in [-0.05, 0) is 12.3 Å². The number of nitrogens with zero attached hydrogens (tertiary/aromatic N) is 1. The molecule has 0 spiro atoms. The highest BCUT2D eigenvalue weighted by Gasteiger charge is 2.42. The van der Waals surface area contributed by atoms with Crippen molar-refractivity contribution in [3.63, 3.8) is 0 Å². The van der Waals surface area contributed by atoms with E-state index >= 15 is 0 Å². The van der Waals surface area contributed by atoms with Gasteiger partial charge in [-0.1, -0.05) is 34.6 Å². The number of ketones is 1. The summed E-state index contributed by atoms with van der Waals surface area (Å²) in [6.45, 7) is 8.42. The van der Waals surface area contributed by atoms with Crippen LogP contribution in [-0.2, 0) is 14.8 Å². The van der Waals surface area contributed by atoms with Gasteiger partial charge in [-0.15, -0.1) is 0 Å². The van der Waals surface area contributed by atoms with Crippen LogP contribution in [0.2, 0.25) is 0 Å². The highest BCUT2D eigenvalue weighted by molar-refractivity contribution is 7.89. The lowest BCUT2D eigenvalue weighted by Crippen LogP contribution is -2.49. The number of sulfonamides is 1. The van der Waals surface area contributed by atoms with Crippen LogP contribution < -0.4 is 0 Å². The fraction of sp³-hybridized carbons (Fsp3) is 0.923. The summed E-state index contributed by atoms with van der Waals surface area (Å²) in [6, 6.07) is -1.09. The fourth-order valence-corrected chi connectivity index (χ4v) is 3.06. The van der Waals surface area contributed by atoms with Gasteiger partial charge in [-0.25, -0.2) is 8.42 Å². The van der Waals surface area contributed by atoms with E-state index in [2.05, 4.69) is 0 Å². The van der Waals surface area contributed by atoms with Crippen molar-refractivity contribution in [3.05, 3.63) is 0 Å². The predicted octanol–water partition coefficient (Wildman–Crippen LogP) is 2.84. The first-order valence-electron chi connectivity index (χ1n) is 6.64. The van der Waals surface area contributed by atoms with E-state index in [-0.39, 0.29) is 18.1 Å². The molecule has 0 bridgehead atoms. The molecule has 0 saturated heterocycles. The van der Waals surface area contributed by atoms with Gasteiger partial charge in [0.2, 0.25) is 10.0 Å². The molecule has 0 fully saturated rings. The minimum absolute atomic E-state index is 0.0233. The molecular formula is C13H24F3NO3S. The van der Waals surface area contributed by atoms with E-state index in [1.54, 1.807) is 34.6 Å². The van der Waals surface area contributed by atoms with Gasteiger partial charge < -0.3 is 0 Å². The van der Waals surface area contributed by atoms with Crippen LogP contribution in [0.25, 0.3) is 0 Å². The quantitative estimate of drug-likeness (QED) is 0.752. The fourth-order valence-electron chi connectivity index (χ4n) is 1.87. The Morgan fingerprint density at radius 2 is 1.57 bits per heavy atom. The zero-order valence-electron chi connectivity index (χ0n) is 13.3. The van der Waals surface area contributed by atoms with Crippen molar-refractivity contribution in [2.75, 3.05) is 12.8 Å². The maximum absolute atomic E-state index is 12.4. The molecule has 21 heavy (non-hydrogen) atoms. The van der Waals surface area contributed by atoms with Gasteiger partial charge in [-0.3, -0.25) is 4.79 Å². The van der Waals surface area contributed by atoms with Crippen LogP contribution in [0.1, 0.15) is 41.0 Å². The van der Waals surface area contributed by atoms with Crippen molar-refractivity contribution in [2.45, 2.75) is 53.3 Å².